The van der Waals surface area contributed by atoms with Gasteiger partial charge in [0.25, 0.3) is 29.3 Å². The van der Waals surface area contributed by atoms with Gasteiger partial charge in [0, 0.05) is 24.8 Å². The molecule has 0 bridgehead atoms. The molecule has 0 aliphatic carbocycles. The normalized spacial score (nSPS) is 15.7. The maximum atomic E-state index is 12.7. The van der Waals surface area contributed by atoms with E-state index in [2.05, 4.69) is 56.0 Å². The lowest BCUT2D eigenvalue weighted by Gasteiger charge is -2.14. The Balaban J connectivity index is 0.000000183. The van der Waals surface area contributed by atoms with Crippen LogP contribution < -0.4 is 20.9 Å². The molecule has 5 aromatic rings. The summed E-state index contributed by atoms with van der Waals surface area (Å²) in [5.41, 5.74) is 7.69. The van der Waals surface area contributed by atoms with Crippen molar-refractivity contribution < 1.29 is 32.9 Å². The second kappa shape index (κ2) is 14.7. The zero-order chi connectivity index (χ0) is 36.4. The summed E-state index contributed by atoms with van der Waals surface area (Å²) in [6.45, 7) is 3.75. The number of carbonyl (C=O) groups is 4. The van der Waals surface area contributed by atoms with E-state index in [4.69, 9.17) is 8.83 Å². The van der Waals surface area contributed by atoms with Crippen LogP contribution >= 0.6 is 45.2 Å². The van der Waals surface area contributed by atoms with Crippen molar-refractivity contribution in [2.75, 3.05) is 10.0 Å². The number of nitrogens with zero attached hydrogens (tertiary/aromatic N) is 3. The van der Waals surface area contributed by atoms with Crippen molar-refractivity contribution in [2.45, 2.75) is 13.8 Å². The molecular formula is C36H25I2N5O8. The lowest BCUT2D eigenvalue weighted by molar-refractivity contribution is -0.384. The van der Waals surface area contributed by atoms with Crippen LogP contribution in [-0.2, 0) is 19.2 Å². The number of furan rings is 2. The van der Waals surface area contributed by atoms with Gasteiger partial charge in [0.2, 0.25) is 0 Å². The van der Waals surface area contributed by atoms with Crippen molar-refractivity contribution in [1.29, 1.82) is 0 Å². The highest BCUT2D eigenvalue weighted by molar-refractivity contribution is 14.1. The standard InChI is InChI=1S/C20H12IN3O5.C16H13IN2O3/c21-13-4-6-14(7-5-13)23-20(26)17(19(25)22-23)11-16-8-9-18(29-16)12-2-1-3-15(10-12)24(27)28;1-9-7-13(22-10(9)2)8-14-15(20)18-19(16(14)21)12-5-3-11(17)4-6-12/h1-11H,(H,22,25);3-8H,1-2H3,(H,18,20). The predicted octanol–water partition coefficient (Wildman–Crippen LogP) is 6.88. The van der Waals surface area contributed by atoms with Crippen molar-refractivity contribution in [3.63, 3.8) is 0 Å². The number of halogens is 2. The molecule has 7 rings (SSSR count). The first kappa shape index (κ1) is 35.3. The Morgan fingerprint density at radius 2 is 1.22 bits per heavy atom. The Bertz CT molecular complexity index is 2250. The van der Waals surface area contributed by atoms with Crippen molar-refractivity contribution in [1.82, 2.24) is 10.9 Å². The van der Waals surface area contributed by atoms with Crippen LogP contribution in [0, 0.1) is 31.1 Å². The molecule has 0 atom stereocenters. The summed E-state index contributed by atoms with van der Waals surface area (Å²) < 4.78 is 13.2. The average Bonchev–Trinajstić information content (AvgIpc) is 3.86. The quantitative estimate of drug-likeness (QED) is 0.0611. The van der Waals surface area contributed by atoms with E-state index in [0.717, 1.165) is 18.5 Å². The van der Waals surface area contributed by atoms with Crippen LogP contribution in [0.25, 0.3) is 23.5 Å². The molecule has 2 aliphatic heterocycles. The maximum Gasteiger partial charge on any atom is 0.282 e. The molecule has 2 fully saturated rings. The largest absolute Gasteiger partial charge is 0.462 e. The van der Waals surface area contributed by atoms with Crippen LogP contribution in [0.4, 0.5) is 17.1 Å². The van der Waals surface area contributed by atoms with Gasteiger partial charge in [-0.05, 0) is 143 Å². The zero-order valence-corrected chi connectivity index (χ0v) is 31.0. The molecule has 15 heteroatoms. The highest BCUT2D eigenvalue weighted by Gasteiger charge is 2.36. The van der Waals surface area contributed by atoms with Crippen LogP contribution in [0.5, 0.6) is 0 Å². The van der Waals surface area contributed by atoms with Gasteiger partial charge in [-0.3, -0.25) is 40.1 Å². The van der Waals surface area contributed by atoms with Gasteiger partial charge >= 0.3 is 0 Å². The molecule has 13 nitrogen and oxygen atoms in total. The first-order valence-electron chi connectivity index (χ1n) is 15.0. The molecule has 256 valence electrons. The first-order valence-corrected chi connectivity index (χ1v) is 17.2. The van der Waals surface area contributed by atoms with E-state index >= 15 is 0 Å². The van der Waals surface area contributed by atoms with E-state index in [1.807, 2.05) is 38.1 Å². The second-order valence-corrected chi connectivity index (χ2v) is 13.6. The molecule has 2 N–H and O–H groups in total. The number of hydrogen-bond donors (Lipinski definition) is 2. The molecule has 4 heterocycles. The number of nitrogens with one attached hydrogen (secondary N) is 2. The molecule has 0 saturated carbocycles. The van der Waals surface area contributed by atoms with Crippen LogP contribution in [0.1, 0.15) is 22.8 Å². The third kappa shape index (κ3) is 7.78. The van der Waals surface area contributed by atoms with Gasteiger partial charge in [-0.25, -0.2) is 10.0 Å². The minimum absolute atomic E-state index is 0.0580. The molecule has 51 heavy (non-hydrogen) atoms. The summed E-state index contributed by atoms with van der Waals surface area (Å²) in [5, 5.41) is 13.4. The average molecular weight is 909 g/mol. The van der Waals surface area contributed by atoms with Gasteiger partial charge in [0.05, 0.1) is 16.3 Å². The zero-order valence-electron chi connectivity index (χ0n) is 26.7. The minimum Gasteiger partial charge on any atom is -0.462 e. The van der Waals surface area contributed by atoms with E-state index in [1.54, 1.807) is 54.6 Å². The number of nitro benzene ring substituents is 1. The van der Waals surface area contributed by atoms with Gasteiger partial charge in [0.15, 0.2) is 0 Å². The third-order valence-corrected chi connectivity index (χ3v) is 9.12. The van der Waals surface area contributed by atoms with Crippen LogP contribution in [0.15, 0.2) is 111 Å². The molecule has 0 unspecified atom stereocenters. The lowest BCUT2D eigenvalue weighted by Crippen LogP contribution is -2.35. The fourth-order valence-electron chi connectivity index (χ4n) is 4.97. The highest BCUT2D eigenvalue weighted by atomic mass is 127. The Kier molecular flexibility index (Phi) is 10.2. The fourth-order valence-corrected chi connectivity index (χ4v) is 5.69. The molecule has 0 spiro atoms. The van der Waals surface area contributed by atoms with Gasteiger partial charge in [-0.15, -0.1) is 0 Å². The molecule has 2 saturated heterocycles. The predicted molar refractivity (Wildman–Crippen MR) is 205 cm³/mol. The Hall–Kier alpha value is -5.56. The van der Waals surface area contributed by atoms with Crippen molar-refractivity contribution in [3.05, 3.63) is 142 Å². The summed E-state index contributed by atoms with van der Waals surface area (Å²) in [4.78, 5) is 59.9. The van der Waals surface area contributed by atoms with E-state index in [0.29, 0.717) is 28.5 Å². The number of hydrazine groups is 2. The van der Waals surface area contributed by atoms with Crippen molar-refractivity contribution in [2.24, 2.45) is 0 Å². The number of anilines is 2. The lowest BCUT2D eigenvalue weighted by atomic mass is 10.1. The van der Waals surface area contributed by atoms with Crippen LogP contribution in [0.2, 0.25) is 0 Å². The summed E-state index contributed by atoms with van der Waals surface area (Å²) in [6, 6.07) is 25.5. The minimum atomic E-state index is -0.540. The molecule has 2 aliphatic rings. The summed E-state index contributed by atoms with van der Waals surface area (Å²) in [6.07, 6.45) is 2.83. The van der Waals surface area contributed by atoms with Crippen molar-refractivity contribution >= 4 is 98.0 Å². The van der Waals surface area contributed by atoms with E-state index < -0.39 is 28.6 Å². The molecule has 3 aromatic carbocycles. The van der Waals surface area contributed by atoms with Crippen molar-refractivity contribution in [3.8, 4) is 11.3 Å². The van der Waals surface area contributed by atoms with E-state index in [-0.39, 0.29) is 22.6 Å². The number of hydrogen-bond acceptors (Lipinski definition) is 8. The number of carbonyl (C=O) groups excluding carboxylic acids is 4. The summed E-state index contributed by atoms with van der Waals surface area (Å²) in [7, 11) is 0. The molecular weight excluding hydrogens is 884 g/mol. The molecule has 2 aromatic heterocycles. The smallest absolute Gasteiger partial charge is 0.282 e. The van der Waals surface area contributed by atoms with E-state index in [1.165, 1.54) is 34.3 Å². The molecule has 4 amide bonds. The van der Waals surface area contributed by atoms with Gasteiger partial charge in [-0.2, -0.15) is 0 Å². The van der Waals surface area contributed by atoms with Gasteiger partial charge < -0.3 is 8.83 Å². The van der Waals surface area contributed by atoms with E-state index in [9.17, 15) is 29.3 Å². The second-order valence-electron chi connectivity index (χ2n) is 11.1. The monoisotopic (exact) mass is 909 g/mol. The first-order chi connectivity index (χ1) is 24.4. The Labute approximate surface area is 317 Å². The number of rotatable bonds is 6. The van der Waals surface area contributed by atoms with Crippen LogP contribution in [0.3, 0.4) is 0 Å². The summed E-state index contributed by atoms with van der Waals surface area (Å²) >= 11 is 4.33. The number of non-ortho nitro benzene ring substituents is 1. The highest BCUT2D eigenvalue weighted by Crippen LogP contribution is 2.28. The van der Waals surface area contributed by atoms with Gasteiger partial charge in [0.1, 0.15) is 34.2 Å². The third-order valence-electron chi connectivity index (χ3n) is 7.68. The number of benzene rings is 3. The number of nitro groups is 1. The summed E-state index contributed by atoms with van der Waals surface area (Å²) in [5.74, 6) is 0.0834. The van der Waals surface area contributed by atoms with Crippen LogP contribution in [-0.4, -0.2) is 28.6 Å². The molecule has 0 radical (unpaired) electrons. The fraction of sp³-hybridized carbons (Fsp3) is 0.0556. The number of aryl methyl sites for hydroxylation is 2. The Morgan fingerprint density at radius 3 is 1.71 bits per heavy atom. The Morgan fingerprint density at radius 1 is 0.686 bits per heavy atom. The number of amides is 4. The topological polar surface area (TPSA) is 168 Å². The maximum absolute atomic E-state index is 12.7. The van der Waals surface area contributed by atoms with Gasteiger partial charge in [-0.1, -0.05) is 12.1 Å². The SMILES string of the molecule is Cc1cc(C=C2C(=O)NN(c3ccc(I)cc3)C2=O)oc1C.O=C1NN(c2ccc(I)cc2)C(=O)C1=Cc1ccc(-c2cccc([N+](=O)[O-])c2)o1.